The number of alkyl halides is 4. The third kappa shape index (κ3) is 4.74. The second kappa shape index (κ2) is 5.91. The Morgan fingerprint density at radius 3 is 2.44 bits per heavy atom. The molecule has 0 amide bonds. The first-order valence-corrected chi connectivity index (χ1v) is 6.46. The molecule has 1 aromatic carbocycles. The molecule has 90 valence electrons. The zero-order valence-electron chi connectivity index (χ0n) is 8.15. The van der Waals surface area contributed by atoms with Gasteiger partial charge in [-0.3, -0.25) is 0 Å². The van der Waals surface area contributed by atoms with E-state index in [4.69, 9.17) is 0 Å². The van der Waals surface area contributed by atoms with E-state index >= 15 is 0 Å². The second-order valence-corrected chi connectivity index (χ2v) is 5.02. The lowest BCUT2D eigenvalue weighted by atomic mass is 10.1. The number of benzene rings is 1. The van der Waals surface area contributed by atoms with Crippen molar-refractivity contribution in [3.05, 3.63) is 29.6 Å². The molecular formula is C10H9BrF4S. The number of hydrogen-bond donors (Lipinski definition) is 0. The zero-order chi connectivity index (χ0) is 12.2. The Balaban J connectivity index is 2.74. The summed E-state index contributed by atoms with van der Waals surface area (Å²) in [4.78, 5) is -0.118. The van der Waals surface area contributed by atoms with Crippen LogP contribution in [0.4, 0.5) is 17.6 Å². The van der Waals surface area contributed by atoms with Crippen LogP contribution in [0.15, 0.2) is 23.1 Å². The first-order valence-electron chi connectivity index (χ1n) is 4.52. The summed E-state index contributed by atoms with van der Waals surface area (Å²) in [6.07, 6.45) is 1.27. The van der Waals surface area contributed by atoms with E-state index in [0.717, 1.165) is 17.8 Å². The van der Waals surface area contributed by atoms with Crippen LogP contribution < -0.4 is 0 Å². The number of rotatable bonds is 4. The van der Waals surface area contributed by atoms with Gasteiger partial charge in [0, 0.05) is 10.2 Å². The van der Waals surface area contributed by atoms with E-state index in [0.29, 0.717) is 12.0 Å². The summed E-state index contributed by atoms with van der Waals surface area (Å²) >= 11 is 2.91. The second-order valence-electron chi connectivity index (χ2n) is 3.09. The van der Waals surface area contributed by atoms with Gasteiger partial charge in [0.05, 0.1) is 0 Å². The largest absolute Gasteiger partial charge is 0.446 e. The van der Waals surface area contributed by atoms with E-state index in [1.165, 1.54) is 12.1 Å². The molecule has 0 aliphatic carbocycles. The summed E-state index contributed by atoms with van der Waals surface area (Å²) in [5.41, 5.74) is -3.92. The fourth-order valence-corrected chi connectivity index (χ4v) is 2.03. The summed E-state index contributed by atoms with van der Waals surface area (Å²) < 4.78 is 49.4. The lowest BCUT2D eigenvalue weighted by Gasteiger charge is -2.07. The molecular weight excluding hydrogens is 308 g/mol. The first kappa shape index (κ1) is 13.8. The maximum absolute atomic E-state index is 13.4. The van der Waals surface area contributed by atoms with Crippen LogP contribution in [-0.4, -0.2) is 10.8 Å². The lowest BCUT2D eigenvalue weighted by molar-refractivity contribution is -0.0328. The van der Waals surface area contributed by atoms with Crippen molar-refractivity contribution < 1.29 is 17.6 Å². The van der Waals surface area contributed by atoms with E-state index in [1.54, 1.807) is 0 Å². The smallest absolute Gasteiger partial charge is 0.207 e. The van der Waals surface area contributed by atoms with Gasteiger partial charge < -0.3 is 0 Å². The van der Waals surface area contributed by atoms with Crippen LogP contribution in [0.25, 0.3) is 0 Å². The van der Waals surface area contributed by atoms with Crippen molar-refractivity contribution in [2.24, 2.45) is 0 Å². The Hall–Kier alpha value is -0.230. The molecule has 0 atom stereocenters. The molecule has 0 fully saturated rings. The van der Waals surface area contributed by atoms with Crippen LogP contribution in [0.2, 0.25) is 0 Å². The molecule has 0 unspecified atom stereocenters. The molecule has 0 nitrogen and oxygen atoms in total. The highest BCUT2D eigenvalue weighted by Crippen LogP contribution is 2.37. The minimum Gasteiger partial charge on any atom is -0.207 e. The number of halogens is 5. The van der Waals surface area contributed by atoms with Crippen molar-refractivity contribution in [3.63, 3.8) is 0 Å². The summed E-state index contributed by atoms with van der Waals surface area (Å²) in [5, 5.41) is 0.742. The average Bonchev–Trinajstić information content (AvgIpc) is 2.14. The molecule has 0 aliphatic rings. The standard InChI is InChI=1S/C10H9BrF4S/c11-5-1-2-7-3-4-8(6-9(7)12)16-10(13,14)15/h3-4,6H,1-2,5H2. The fourth-order valence-electron chi connectivity index (χ4n) is 1.19. The number of thioether (sulfide) groups is 1. The molecule has 0 bridgehead atoms. The number of aryl methyl sites for hydroxylation is 1. The molecule has 0 spiro atoms. The van der Waals surface area contributed by atoms with Crippen LogP contribution >= 0.6 is 27.7 Å². The molecule has 0 aromatic heterocycles. The van der Waals surface area contributed by atoms with Crippen LogP contribution in [0.5, 0.6) is 0 Å². The van der Waals surface area contributed by atoms with Gasteiger partial charge in [-0.25, -0.2) is 4.39 Å². The zero-order valence-corrected chi connectivity index (χ0v) is 10.6. The van der Waals surface area contributed by atoms with E-state index in [-0.39, 0.29) is 16.7 Å². The SMILES string of the molecule is Fc1cc(SC(F)(F)F)ccc1CCCBr. The topological polar surface area (TPSA) is 0 Å². The maximum atomic E-state index is 13.4. The van der Waals surface area contributed by atoms with Gasteiger partial charge in [0.15, 0.2) is 0 Å². The van der Waals surface area contributed by atoms with E-state index in [2.05, 4.69) is 15.9 Å². The molecule has 1 rings (SSSR count). The number of hydrogen-bond acceptors (Lipinski definition) is 1. The predicted molar refractivity (Wildman–Crippen MR) is 60.4 cm³/mol. The molecule has 0 heterocycles. The predicted octanol–water partition coefficient (Wildman–Crippen LogP) is 4.77. The molecule has 1 aromatic rings. The summed E-state index contributed by atoms with van der Waals surface area (Å²) in [5.74, 6) is -0.574. The van der Waals surface area contributed by atoms with E-state index < -0.39 is 11.3 Å². The highest BCUT2D eigenvalue weighted by atomic mass is 79.9. The molecule has 6 heteroatoms. The Labute approximate surface area is 104 Å². The minimum absolute atomic E-state index is 0.118. The lowest BCUT2D eigenvalue weighted by Crippen LogP contribution is -2.00. The van der Waals surface area contributed by atoms with E-state index in [1.807, 2.05) is 0 Å². The van der Waals surface area contributed by atoms with Crippen LogP contribution in [-0.2, 0) is 6.42 Å². The van der Waals surface area contributed by atoms with Crippen LogP contribution in [0.3, 0.4) is 0 Å². The fraction of sp³-hybridized carbons (Fsp3) is 0.400. The third-order valence-corrected chi connectivity index (χ3v) is 3.12. The molecule has 0 aliphatic heterocycles. The van der Waals surface area contributed by atoms with Gasteiger partial charge in [-0.05, 0) is 42.3 Å². The van der Waals surface area contributed by atoms with Crippen molar-refractivity contribution in [1.82, 2.24) is 0 Å². The molecule has 16 heavy (non-hydrogen) atoms. The Morgan fingerprint density at radius 1 is 1.25 bits per heavy atom. The van der Waals surface area contributed by atoms with Gasteiger partial charge >= 0.3 is 5.51 Å². The van der Waals surface area contributed by atoms with Gasteiger partial charge in [0.1, 0.15) is 5.82 Å². The first-order chi connectivity index (χ1) is 7.42. The van der Waals surface area contributed by atoms with Crippen molar-refractivity contribution in [3.8, 4) is 0 Å². The monoisotopic (exact) mass is 316 g/mol. The van der Waals surface area contributed by atoms with E-state index in [9.17, 15) is 17.6 Å². The quantitative estimate of drug-likeness (QED) is 0.438. The maximum Gasteiger partial charge on any atom is 0.446 e. The van der Waals surface area contributed by atoms with Gasteiger partial charge in [-0.1, -0.05) is 22.0 Å². The van der Waals surface area contributed by atoms with Crippen LogP contribution in [0.1, 0.15) is 12.0 Å². The molecule has 0 saturated heterocycles. The van der Waals surface area contributed by atoms with Crippen molar-refractivity contribution in [1.29, 1.82) is 0 Å². The highest BCUT2D eigenvalue weighted by Gasteiger charge is 2.29. The normalized spacial score (nSPS) is 11.8. The Morgan fingerprint density at radius 2 is 1.94 bits per heavy atom. The van der Waals surface area contributed by atoms with Gasteiger partial charge in [-0.2, -0.15) is 13.2 Å². The average molecular weight is 317 g/mol. The highest BCUT2D eigenvalue weighted by molar-refractivity contribution is 9.09. The summed E-state index contributed by atoms with van der Waals surface area (Å²) in [6, 6.07) is 3.64. The summed E-state index contributed by atoms with van der Waals surface area (Å²) in [6.45, 7) is 0. The van der Waals surface area contributed by atoms with Crippen LogP contribution in [0, 0.1) is 5.82 Å². The Bertz CT molecular complexity index is 351. The van der Waals surface area contributed by atoms with Gasteiger partial charge in [0.2, 0.25) is 0 Å². The third-order valence-electron chi connectivity index (χ3n) is 1.84. The summed E-state index contributed by atoms with van der Waals surface area (Å²) in [7, 11) is 0. The minimum atomic E-state index is -4.37. The van der Waals surface area contributed by atoms with Gasteiger partial charge in [0.25, 0.3) is 0 Å². The van der Waals surface area contributed by atoms with Gasteiger partial charge in [-0.15, -0.1) is 0 Å². The van der Waals surface area contributed by atoms with Crippen molar-refractivity contribution in [2.45, 2.75) is 23.2 Å². The Kier molecular flexibility index (Phi) is 5.11. The molecule has 0 saturated carbocycles. The van der Waals surface area contributed by atoms with Crippen molar-refractivity contribution >= 4 is 27.7 Å². The van der Waals surface area contributed by atoms with Crippen molar-refractivity contribution in [2.75, 3.05) is 5.33 Å². The molecule has 0 N–H and O–H groups in total. The molecule has 0 radical (unpaired) electrons.